The van der Waals surface area contributed by atoms with Crippen molar-refractivity contribution in [3.63, 3.8) is 0 Å². The van der Waals surface area contributed by atoms with Gasteiger partial charge in [-0.1, -0.05) is 13.3 Å². The zero-order chi connectivity index (χ0) is 12.6. The third-order valence-corrected chi connectivity index (χ3v) is 4.51. The quantitative estimate of drug-likeness (QED) is 0.705. The molecule has 2 saturated heterocycles. The highest BCUT2D eigenvalue weighted by atomic mass is 16.5. The van der Waals surface area contributed by atoms with Crippen molar-refractivity contribution >= 4 is 0 Å². The highest BCUT2D eigenvalue weighted by Gasteiger charge is 2.31. The maximum atomic E-state index is 5.72. The van der Waals surface area contributed by atoms with Crippen molar-refractivity contribution in [3.05, 3.63) is 0 Å². The SMILES string of the molecule is CCCCOCCN1CCCC1C1CCNCC1. The Morgan fingerprint density at radius 3 is 2.78 bits per heavy atom. The molecule has 106 valence electrons. The van der Waals surface area contributed by atoms with Gasteiger partial charge in [-0.15, -0.1) is 0 Å². The first-order valence-electron chi connectivity index (χ1n) is 7.94. The van der Waals surface area contributed by atoms with Gasteiger partial charge in [-0.05, 0) is 57.7 Å². The van der Waals surface area contributed by atoms with E-state index in [1.807, 2.05) is 0 Å². The van der Waals surface area contributed by atoms with Crippen molar-refractivity contribution in [2.75, 3.05) is 39.4 Å². The van der Waals surface area contributed by atoms with Gasteiger partial charge in [-0.25, -0.2) is 0 Å². The molecule has 3 nitrogen and oxygen atoms in total. The van der Waals surface area contributed by atoms with Gasteiger partial charge in [0.2, 0.25) is 0 Å². The van der Waals surface area contributed by atoms with Crippen LogP contribution in [0.25, 0.3) is 0 Å². The normalized spacial score (nSPS) is 26.8. The molecule has 0 aromatic heterocycles. The van der Waals surface area contributed by atoms with Gasteiger partial charge in [0.25, 0.3) is 0 Å². The fourth-order valence-electron chi connectivity index (χ4n) is 3.42. The van der Waals surface area contributed by atoms with E-state index in [0.717, 1.165) is 31.7 Å². The Morgan fingerprint density at radius 2 is 2.00 bits per heavy atom. The van der Waals surface area contributed by atoms with Crippen LogP contribution in [0.3, 0.4) is 0 Å². The standard InChI is InChI=1S/C15H30N2O/c1-2-3-12-18-13-11-17-10-4-5-15(17)14-6-8-16-9-7-14/h14-16H,2-13H2,1H3. The van der Waals surface area contributed by atoms with E-state index in [4.69, 9.17) is 4.74 Å². The van der Waals surface area contributed by atoms with Gasteiger partial charge >= 0.3 is 0 Å². The summed E-state index contributed by atoms with van der Waals surface area (Å²) in [7, 11) is 0. The van der Waals surface area contributed by atoms with Crippen LogP contribution in [0.2, 0.25) is 0 Å². The van der Waals surface area contributed by atoms with Crippen molar-refractivity contribution in [2.45, 2.75) is 51.5 Å². The van der Waals surface area contributed by atoms with Gasteiger partial charge in [0.1, 0.15) is 0 Å². The number of hydrogen-bond donors (Lipinski definition) is 1. The van der Waals surface area contributed by atoms with Gasteiger partial charge in [0.05, 0.1) is 6.61 Å². The number of nitrogens with zero attached hydrogens (tertiary/aromatic N) is 1. The van der Waals surface area contributed by atoms with Crippen LogP contribution in [-0.2, 0) is 4.74 Å². The lowest BCUT2D eigenvalue weighted by molar-refractivity contribution is 0.0815. The number of ether oxygens (including phenoxy) is 1. The summed E-state index contributed by atoms with van der Waals surface area (Å²) in [5.74, 6) is 0.935. The monoisotopic (exact) mass is 254 g/mol. The minimum absolute atomic E-state index is 0.849. The number of nitrogens with one attached hydrogen (secondary N) is 1. The Labute approximate surface area is 112 Å². The molecule has 1 atom stereocenters. The summed E-state index contributed by atoms with van der Waals surface area (Å²) >= 11 is 0. The smallest absolute Gasteiger partial charge is 0.0593 e. The number of piperidine rings is 1. The molecule has 0 aliphatic carbocycles. The van der Waals surface area contributed by atoms with Gasteiger partial charge in [0, 0.05) is 19.2 Å². The summed E-state index contributed by atoms with van der Waals surface area (Å²) in [6.45, 7) is 8.99. The zero-order valence-electron chi connectivity index (χ0n) is 12.0. The minimum Gasteiger partial charge on any atom is -0.380 e. The van der Waals surface area contributed by atoms with Crippen molar-refractivity contribution in [1.29, 1.82) is 0 Å². The van der Waals surface area contributed by atoms with E-state index in [1.165, 1.54) is 58.2 Å². The molecule has 0 spiro atoms. The highest BCUT2D eigenvalue weighted by Crippen LogP contribution is 2.29. The third-order valence-electron chi connectivity index (χ3n) is 4.51. The molecule has 0 radical (unpaired) electrons. The van der Waals surface area contributed by atoms with Crippen molar-refractivity contribution in [3.8, 4) is 0 Å². The molecule has 1 unspecified atom stereocenters. The van der Waals surface area contributed by atoms with E-state index in [-0.39, 0.29) is 0 Å². The average molecular weight is 254 g/mol. The lowest BCUT2D eigenvalue weighted by atomic mass is 9.89. The topological polar surface area (TPSA) is 24.5 Å². The van der Waals surface area contributed by atoms with E-state index in [1.54, 1.807) is 0 Å². The first-order chi connectivity index (χ1) is 8.92. The summed E-state index contributed by atoms with van der Waals surface area (Å²) in [5.41, 5.74) is 0. The van der Waals surface area contributed by atoms with E-state index in [2.05, 4.69) is 17.1 Å². The second-order valence-corrected chi connectivity index (χ2v) is 5.80. The van der Waals surface area contributed by atoms with Crippen LogP contribution in [-0.4, -0.2) is 50.3 Å². The molecule has 0 bridgehead atoms. The van der Waals surface area contributed by atoms with E-state index in [9.17, 15) is 0 Å². The Morgan fingerprint density at radius 1 is 1.17 bits per heavy atom. The molecule has 3 heteroatoms. The highest BCUT2D eigenvalue weighted by molar-refractivity contribution is 4.87. The summed E-state index contributed by atoms with van der Waals surface area (Å²) in [4.78, 5) is 2.70. The van der Waals surface area contributed by atoms with Crippen LogP contribution in [0.1, 0.15) is 45.4 Å². The Bertz CT molecular complexity index is 217. The molecule has 0 saturated carbocycles. The van der Waals surface area contributed by atoms with Crippen LogP contribution in [0.5, 0.6) is 0 Å². The number of hydrogen-bond acceptors (Lipinski definition) is 3. The molecule has 2 heterocycles. The van der Waals surface area contributed by atoms with Crippen LogP contribution < -0.4 is 5.32 Å². The molecule has 0 amide bonds. The summed E-state index contributed by atoms with van der Waals surface area (Å²) < 4.78 is 5.72. The lowest BCUT2D eigenvalue weighted by Crippen LogP contribution is -2.42. The third kappa shape index (κ3) is 4.22. The van der Waals surface area contributed by atoms with Crippen molar-refractivity contribution in [2.24, 2.45) is 5.92 Å². The number of rotatable bonds is 7. The zero-order valence-corrected chi connectivity index (χ0v) is 12.0. The molecule has 2 aliphatic heterocycles. The van der Waals surface area contributed by atoms with Gasteiger partial charge < -0.3 is 10.1 Å². The first kappa shape index (κ1) is 14.3. The van der Waals surface area contributed by atoms with Gasteiger partial charge in [-0.2, -0.15) is 0 Å². The van der Waals surface area contributed by atoms with Crippen LogP contribution in [0.4, 0.5) is 0 Å². The maximum Gasteiger partial charge on any atom is 0.0593 e. The second-order valence-electron chi connectivity index (χ2n) is 5.80. The van der Waals surface area contributed by atoms with Crippen molar-refractivity contribution < 1.29 is 4.74 Å². The predicted molar refractivity (Wildman–Crippen MR) is 75.9 cm³/mol. The van der Waals surface area contributed by atoms with Gasteiger partial charge in [0.15, 0.2) is 0 Å². The Balaban J connectivity index is 1.66. The Kier molecular flexibility index (Phi) is 6.46. The molecule has 0 aromatic rings. The maximum absolute atomic E-state index is 5.72. The first-order valence-corrected chi connectivity index (χ1v) is 7.94. The summed E-state index contributed by atoms with van der Waals surface area (Å²) in [6.07, 6.45) is 8.00. The minimum atomic E-state index is 0.849. The fourth-order valence-corrected chi connectivity index (χ4v) is 3.42. The second kappa shape index (κ2) is 8.13. The molecule has 1 N–H and O–H groups in total. The van der Waals surface area contributed by atoms with E-state index >= 15 is 0 Å². The number of likely N-dealkylation sites (tertiary alicyclic amines) is 1. The molecule has 0 aromatic carbocycles. The average Bonchev–Trinajstić information content (AvgIpc) is 2.88. The van der Waals surface area contributed by atoms with Crippen LogP contribution in [0.15, 0.2) is 0 Å². The van der Waals surface area contributed by atoms with Gasteiger partial charge in [-0.3, -0.25) is 4.90 Å². The molecule has 2 aliphatic rings. The number of unbranched alkanes of at least 4 members (excludes halogenated alkanes) is 1. The lowest BCUT2D eigenvalue weighted by Gasteiger charge is -2.34. The largest absolute Gasteiger partial charge is 0.380 e. The molecular weight excluding hydrogens is 224 g/mol. The molecular formula is C15H30N2O. The molecule has 2 rings (SSSR count). The molecule has 18 heavy (non-hydrogen) atoms. The fraction of sp³-hybridized carbons (Fsp3) is 1.00. The van der Waals surface area contributed by atoms with E-state index < -0.39 is 0 Å². The van der Waals surface area contributed by atoms with Crippen molar-refractivity contribution in [1.82, 2.24) is 10.2 Å². The molecule has 2 fully saturated rings. The van der Waals surface area contributed by atoms with Crippen LogP contribution in [0, 0.1) is 5.92 Å². The summed E-state index contributed by atoms with van der Waals surface area (Å²) in [5, 5.41) is 3.48. The van der Waals surface area contributed by atoms with E-state index in [0.29, 0.717) is 0 Å². The van der Waals surface area contributed by atoms with Crippen LogP contribution >= 0.6 is 0 Å². The summed E-state index contributed by atoms with van der Waals surface area (Å²) in [6, 6.07) is 0.849. The predicted octanol–water partition coefficient (Wildman–Crippen LogP) is 2.27. The Hall–Kier alpha value is -0.120.